The van der Waals surface area contributed by atoms with Crippen molar-refractivity contribution in [2.75, 3.05) is 28.1 Å². The van der Waals surface area contributed by atoms with E-state index in [0.29, 0.717) is 23.8 Å². The lowest BCUT2D eigenvalue weighted by atomic mass is 9.96. The first-order valence-corrected chi connectivity index (χ1v) is 11.4. The number of benzene rings is 3. The number of nitrogens with one attached hydrogen (secondary N) is 1. The molecular formula is C28H28NO6+. The van der Waals surface area contributed by atoms with Crippen LogP contribution in [0, 0.1) is 6.92 Å². The predicted molar refractivity (Wildman–Crippen MR) is 133 cm³/mol. The van der Waals surface area contributed by atoms with Crippen LogP contribution in [0.5, 0.6) is 23.0 Å². The summed E-state index contributed by atoms with van der Waals surface area (Å²) in [4.78, 5) is 13.7. The number of fused-ring (bicyclic) bond motifs is 2. The van der Waals surface area contributed by atoms with Gasteiger partial charge in [0.1, 0.15) is 30.2 Å². The molecule has 0 saturated heterocycles. The van der Waals surface area contributed by atoms with Gasteiger partial charge in [0.15, 0.2) is 11.5 Å². The van der Waals surface area contributed by atoms with Crippen molar-refractivity contribution in [3.63, 3.8) is 0 Å². The van der Waals surface area contributed by atoms with Gasteiger partial charge >= 0.3 is 5.63 Å². The van der Waals surface area contributed by atoms with Crippen LogP contribution in [0.2, 0.25) is 0 Å². The average Bonchev–Trinajstić information content (AvgIpc) is 2.89. The Morgan fingerprint density at radius 2 is 1.69 bits per heavy atom. The van der Waals surface area contributed by atoms with Gasteiger partial charge < -0.3 is 23.4 Å². The van der Waals surface area contributed by atoms with E-state index >= 15 is 0 Å². The Balaban J connectivity index is 1.51. The van der Waals surface area contributed by atoms with E-state index in [9.17, 15) is 4.79 Å². The molecule has 3 aromatic carbocycles. The quantitative estimate of drug-likeness (QED) is 0.430. The van der Waals surface area contributed by atoms with E-state index in [4.69, 9.17) is 23.4 Å². The number of aryl methyl sites for hydroxylation is 1. The molecule has 0 amide bonds. The number of methoxy groups -OCH3 is 3. The van der Waals surface area contributed by atoms with Crippen molar-refractivity contribution in [2.24, 2.45) is 0 Å². The lowest BCUT2D eigenvalue weighted by Crippen LogP contribution is -3.10. The van der Waals surface area contributed by atoms with Crippen molar-refractivity contribution in [3.05, 3.63) is 81.7 Å². The molecule has 1 aliphatic heterocycles. The van der Waals surface area contributed by atoms with Gasteiger partial charge in [-0.25, -0.2) is 4.79 Å². The smallest absolute Gasteiger partial charge is 0.336 e. The van der Waals surface area contributed by atoms with E-state index in [0.717, 1.165) is 57.8 Å². The molecule has 0 radical (unpaired) electrons. The molecule has 0 spiro atoms. The van der Waals surface area contributed by atoms with E-state index in [1.807, 2.05) is 49.4 Å². The molecule has 0 saturated carbocycles. The van der Waals surface area contributed by atoms with Crippen LogP contribution in [-0.4, -0.2) is 28.1 Å². The molecule has 1 unspecified atom stereocenters. The van der Waals surface area contributed by atoms with Crippen molar-refractivity contribution in [1.29, 1.82) is 0 Å². The van der Waals surface area contributed by atoms with Gasteiger partial charge in [-0.2, -0.15) is 0 Å². The average molecular weight is 475 g/mol. The summed E-state index contributed by atoms with van der Waals surface area (Å²) in [6, 6.07) is 17.3. The normalized spacial score (nSPS) is 14.8. The van der Waals surface area contributed by atoms with Crippen LogP contribution in [0.4, 0.5) is 0 Å². The lowest BCUT2D eigenvalue weighted by Gasteiger charge is -2.28. The molecular weight excluding hydrogens is 446 g/mol. The molecule has 1 N–H and O–H groups in total. The van der Waals surface area contributed by atoms with Crippen molar-refractivity contribution in [1.82, 2.24) is 0 Å². The second-order valence-electron chi connectivity index (χ2n) is 8.66. The second kappa shape index (κ2) is 9.35. The minimum atomic E-state index is -0.386. The van der Waals surface area contributed by atoms with E-state index < -0.39 is 0 Å². The van der Waals surface area contributed by atoms with Gasteiger partial charge in [-0.05, 0) is 54.4 Å². The fraction of sp³-hybridized carbons (Fsp3) is 0.250. The molecule has 2 heterocycles. The first kappa shape index (κ1) is 22.8. The topological polar surface area (TPSA) is 71.6 Å². The summed E-state index contributed by atoms with van der Waals surface area (Å²) < 4.78 is 27.9. The van der Waals surface area contributed by atoms with Gasteiger partial charge in [0.25, 0.3) is 0 Å². The minimum Gasteiger partial charge on any atom is -0.497 e. The van der Waals surface area contributed by atoms with Crippen LogP contribution in [-0.2, 0) is 13.1 Å². The molecule has 4 aromatic rings. The Hall–Kier alpha value is -3.97. The summed E-state index contributed by atoms with van der Waals surface area (Å²) in [6.07, 6.45) is 0. The summed E-state index contributed by atoms with van der Waals surface area (Å²) in [6.45, 7) is 4.01. The molecule has 1 aliphatic rings. The first-order valence-electron chi connectivity index (χ1n) is 11.4. The molecule has 0 fully saturated rings. The van der Waals surface area contributed by atoms with Gasteiger partial charge in [-0.3, -0.25) is 4.90 Å². The van der Waals surface area contributed by atoms with Crippen molar-refractivity contribution in [3.8, 4) is 34.1 Å². The summed E-state index contributed by atoms with van der Waals surface area (Å²) >= 11 is 0. The Morgan fingerprint density at radius 1 is 0.914 bits per heavy atom. The summed E-state index contributed by atoms with van der Waals surface area (Å²) in [5, 5.41) is 0.891. The van der Waals surface area contributed by atoms with Gasteiger partial charge in [-0.1, -0.05) is 12.1 Å². The first-order chi connectivity index (χ1) is 17.0. The molecule has 5 rings (SSSR count). The fourth-order valence-corrected chi connectivity index (χ4v) is 4.74. The van der Waals surface area contributed by atoms with Crippen LogP contribution in [0.25, 0.3) is 22.1 Å². The molecule has 0 aliphatic carbocycles. The van der Waals surface area contributed by atoms with Crippen molar-refractivity contribution in [2.45, 2.75) is 20.0 Å². The van der Waals surface area contributed by atoms with Crippen LogP contribution < -0.4 is 29.5 Å². The fourth-order valence-electron chi connectivity index (χ4n) is 4.74. The Bertz CT molecular complexity index is 1440. The predicted octanol–water partition coefficient (Wildman–Crippen LogP) is 3.73. The highest BCUT2D eigenvalue weighted by molar-refractivity contribution is 5.96. The molecule has 7 nitrogen and oxygen atoms in total. The van der Waals surface area contributed by atoms with E-state index in [1.54, 1.807) is 27.4 Å². The monoisotopic (exact) mass is 474 g/mol. The zero-order chi connectivity index (χ0) is 24.5. The molecule has 180 valence electrons. The zero-order valence-corrected chi connectivity index (χ0v) is 20.3. The zero-order valence-electron chi connectivity index (χ0n) is 20.3. The summed E-state index contributed by atoms with van der Waals surface area (Å²) in [7, 11) is 4.90. The SMILES string of the molecule is COc1ccc(-c2cc(=O)oc3c(C)c4c(cc23)C[NH+](Cc2ccc(OC)c(OC)c2)CO4)cc1. The third-order valence-corrected chi connectivity index (χ3v) is 6.46. The number of hydrogen-bond donors (Lipinski definition) is 1. The number of quaternary nitrogens is 1. The van der Waals surface area contributed by atoms with Gasteiger partial charge in [0.05, 0.1) is 21.3 Å². The Kier molecular flexibility index (Phi) is 6.09. The highest BCUT2D eigenvalue weighted by atomic mass is 16.5. The summed E-state index contributed by atoms with van der Waals surface area (Å²) in [5.74, 6) is 2.98. The van der Waals surface area contributed by atoms with Gasteiger partial charge in [-0.15, -0.1) is 0 Å². The maximum absolute atomic E-state index is 12.4. The molecule has 1 aromatic heterocycles. The maximum Gasteiger partial charge on any atom is 0.336 e. The van der Waals surface area contributed by atoms with E-state index in [2.05, 4.69) is 6.07 Å². The minimum absolute atomic E-state index is 0.386. The number of rotatable bonds is 6. The second-order valence-corrected chi connectivity index (χ2v) is 8.66. The van der Waals surface area contributed by atoms with Crippen LogP contribution in [0.3, 0.4) is 0 Å². The van der Waals surface area contributed by atoms with Gasteiger partial charge in [0.2, 0.25) is 6.73 Å². The summed E-state index contributed by atoms with van der Waals surface area (Å²) in [5.41, 5.74) is 4.99. The molecule has 1 atom stereocenters. The lowest BCUT2D eigenvalue weighted by molar-refractivity contribution is -0.945. The Labute approximate surface area is 203 Å². The highest BCUT2D eigenvalue weighted by Gasteiger charge is 2.26. The molecule has 35 heavy (non-hydrogen) atoms. The number of hydrogen-bond acceptors (Lipinski definition) is 6. The van der Waals surface area contributed by atoms with E-state index in [1.165, 1.54) is 4.90 Å². The molecule has 0 bridgehead atoms. The Morgan fingerprint density at radius 3 is 2.40 bits per heavy atom. The molecule has 7 heteroatoms. The van der Waals surface area contributed by atoms with Crippen molar-refractivity contribution >= 4 is 11.0 Å². The highest BCUT2D eigenvalue weighted by Crippen LogP contribution is 2.37. The standard InChI is InChI=1S/C28H27NO6/c1-17-27-20(15-29(16-34-27)14-18-5-10-24(32-3)25(11-18)33-4)12-23-22(13-26(30)35-28(17)23)19-6-8-21(31-2)9-7-19/h5-13H,14-16H2,1-4H3/p+1. The maximum atomic E-state index is 12.4. The van der Waals surface area contributed by atoms with Crippen LogP contribution in [0.15, 0.2) is 63.8 Å². The van der Waals surface area contributed by atoms with Gasteiger partial charge in [0, 0.05) is 28.1 Å². The third-order valence-electron chi connectivity index (χ3n) is 6.46. The number of ether oxygens (including phenoxy) is 4. The third kappa shape index (κ3) is 4.31. The van der Waals surface area contributed by atoms with E-state index in [-0.39, 0.29) is 5.63 Å². The van der Waals surface area contributed by atoms with Crippen LogP contribution in [0.1, 0.15) is 16.7 Å². The van der Waals surface area contributed by atoms with Crippen molar-refractivity contribution < 1.29 is 28.3 Å². The van der Waals surface area contributed by atoms with Crippen LogP contribution >= 0.6 is 0 Å². The largest absolute Gasteiger partial charge is 0.497 e.